The van der Waals surface area contributed by atoms with Gasteiger partial charge in [-0.05, 0) is 42.4 Å². The summed E-state index contributed by atoms with van der Waals surface area (Å²) in [5.74, 6) is 1.64. The first-order valence-corrected chi connectivity index (χ1v) is 7.48. The zero-order valence-electron chi connectivity index (χ0n) is 13.0. The first kappa shape index (κ1) is 15.1. The monoisotopic (exact) mass is 306 g/mol. The van der Waals surface area contributed by atoms with E-state index in [0.717, 1.165) is 30.2 Å². The van der Waals surface area contributed by atoms with Gasteiger partial charge < -0.3 is 9.47 Å². The molecule has 0 aliphatic carbocycles. The minimum Gasteiger partial charge on any atom is -0.454 e. The molecule has 2 aromatic rings. The summed E-state index contributed by atoms with van der Waals surface area (Å²) in [6.45, 7) is 1.99. The van der Waals surface area contributed by atoms with Crippen LogP contribution in [-0.2, 0) is 6.54 Å². The molecular formula is C19H18N2O2. The lowest BCUT2D eigenvalue weighted by atomic mass is 10.1. The van der Waals surface area contributed by atoms with Crippen LogP contribution in [-0.4, -0.2) is 25.3 Å². The number of hydrogen-bond donors (Lipinski definition) is 0. The van der Waals surface area contributed by atoms with Crippen molar-refractivity contribution in [3.63, 3.8) is 0 Å². The average molecular weight is 306 g/mol. The van der Waals surface area contributed by atoms with Crippen LogP contribution in [0.5, 0.6) is 11.5 Å². The van der Waals surface area contributed by atoms with E-state index in [-0.39, 0.29) is 0 Å². The number of hydrogen-bond acceptors (Lipinski definition) is 4. The van der Waals surface area contributed by atoms with E-state index in [4.69, 9.17) is 14.7 Å². The summed E-state index contributed by atoms with van der Waals surface area (Å²) in [5, 5.41) is 8.78. The fraction of sp³-hybridized carbons (Fsp3) is 0.211. The molecule has 116 valence electrons. The molecule has 1 aliphatic heterocycles. The van der Waals surface area contributed by atoms with E-state index in [0.29, 0.717) is 12.4 Å². The van der Waals surface area contributed by atoms with Crippen LogP contribution >= 0.6 is 0 Å². The average Bonchev–Trinajstić information content (AvgIpc) is 3.03. The van der Waals surface area contributed by atoms with E-state index in [1.807, 2.05) is 36.4 Å². The number of ether oxygens (including phenoxy) is 2. The second-order valence-corrected chi connectivity index (χ2v) is 5.52. The Morgan fingerprint density at radius 2 is 1.91 bits per heavy atom. The zero-order valence-corrected chi connectivity index (χ0v) is 13.0. The Bertz CT molecular complexity index is 745. The summed E-state index contributed by atoms with van der Waals surface area (Å²) in [4.78, 5) is 2.22. The maximum absolute atomic E-state index is 8.78. The summed E-state index contributed by atoms with van der Waals surface area (Å²) in [5.41, 5.74) is 2.98. The SMILES string of the molecule is CN(C/C=C/c1ccc(C#N)cc1)Cc1ccc2c(c1)OCO2. The number of benzene rings is 2. The molecule has 0 saturated heterocycles. The predicted octanol–water partition coefficient (Wildman–Crippen LogP) is 3.43. The fourth-order valence-corrected chi connectivity index (χ4v) is 2.45. The number of fused-ring (bicyclic) bond motifs is 1. The third-order valence-electron chi connectivity index (χ3n) is 3.66. The van der Waals surface area contributed by atoms with Crippen LogP contribution in [0.15, 0.2) is 48.5 Å². The van der Waals surface area contributed by atoms with Crippen LogP contribution in [0, 0.1) is 11.3 Å². The maximum atomic E-state index is 8.78. The second kappa shape index (κ2) is 6.99. The summed E-state index contributed by atoms with van der Waals surface area (Å²) in [7, 11) is 2.08. The van der Waals surface area contributed by atoms with Gasteiger partial charge in [0.1, 0.15) is 0 Å². The van der Waals surface area contributed by atoms with Crippen molar-refractivity contribution in [2.45, 2.75) is 6.54 Å². The van der Waals surface area contributed by atoms with Gasteiger partial charge in [0.2, 0.25) is 6.79 Å². The molecule has 0 bridgehead atoms. The van der Waals surface area contributed by atoms with Crippen molar-refractivity contribution < 1.29 is 9.47 Å². The van der Waals surface area contributed by atoms with Crippen molar-refractivity contribution in [3.05, 3.63) is 65.2 Å². The molecular weight excluding hydrogens is 288 g/mol. The van der Waals surface area contributed by atoms with Crippen LogP contribution in [0.25, 0.3) is 6.08 Å². The van der Waals surface area contributed by atoms with E-state index in [1.165, 1.54) is 5.56 Å². The smallest absolute Gasteiger partial charge is 0.231 e. The summed E-state index contributed by atoms with van der Waals surface area (Å²) >= 11 is 0. The van der Waals surface area contributed by atoms with Gasteiger partial charge in [-0.25, -0.2) is 0 Å². The van der Waals surface area contributed by atoms with Gasteiger partial charge in [0.25, 0.3) is 0 Å². The molecule has 0 saturated carbocycles. The highest BCUT2D eigenvalue weighted by Gasteiger charge is 2.13. The van der Waals surface area contributed by atoms with E-state index < -0.39 is 0 Å². The number of nitrogens with zero attached hydrogens (tertiary/aromatic N) is 2. The molecule has 1 heterocycles. The molecule has 0 N–H and O–H groups in total. The number of likely N-dealkylation sites (N-methyl/N-ethyl adjacent to an activating group) is 1. The van der Waals surface area contributed by atoms with E-state index in [2.05, 4.69) is 36.2 Å². The van der Waals surface area contributed by atoms with Crippen molar-refractivity contribution in [1.82, 2.24) is 4.90 Å². The highest BCUT2D eigenvalue weighted by Crippen LogP contribution is 2.32. The molecule has 0 spiro atoms. The normalized spacial score (nSPS) is 12.7. The zero-order chi connectivity index (χ0) is 16.1. The Hall–Kier alpha value is -2.77. The van der Waals surface area contributed by atoms with Crippen molar-refractivity contribution in [3.8, 4) is 17.6 Å². The topological polar surface area (TPSA) is 45.5 Å². The summed E-state index contributed by atoms with van der Waals surface area (Å²) < 4.78 is 10.7. The van der Waals surface area contributed by atoms with Crippen LogP contribution in [0.3, 0.4) is 0 Å². The molecule has 23 heavy (non-hydrogen) atoms. The molecule has 0 radical (unpaired) electrons. The standard InChI is InChI=1S/C19H18N2O2/c1-21(10-2-3-15-4-6-16(12-20)7-5-15)13-17-8-9-18-19(11-17)23-14-22-18/h2-9,11H,10,13-14H2,1H3/b3-2+. The second-order valence-electron chi connectivity index (χ2n) is 5.52. The predicted molar refractivity (Wildman–Crippen MR) is 89.1 cm³/mol. The van der Waals surface area contributed by atoms with Crippen molar-refractivity contribution in [2.24, 2.45) is 0 Å². The molecule has 4 nitrogen and oxygen atoms in total. The molecule has 2 aromatic carbocycles. The van der Waals surface area contributed by atoms with Crippen LogP contribution in [0.4, 0.5) is 0 Å². The first-order valence-electron chi connectivity index (χ1n) is 7.48. The molecule has 0 fully saturated rings. The fourth-order valence-electron chi connectivity index (χ4n) is 2.45. The third-order valence-corrected chi connectivity index (χ3v) is 3.66. The van der Waals surface area contributed by atoms with Gasteiger partial charge in [0, 0.05) is 13.1 Å². The molecule has 0 aromatic heterocycles. The number of nitriles is 1. The van der Waals surface area contributed by atoms with Gasteiger partial charge in [-0.3, -0.25) is 4.90 Å². The first-order chi connectivity index (χ1) is 11.2. The van der Waals surface area contributed by atoms with Crippen LogP contribution in [0.2, 0.25) is 0 Å². The molecule has 0 amide bonds. The molecule has 3 rings (SSSR count). The lowest BCUT2D eigenvalue weighted by molar-refractivity contribution is 0.174. The van der Waals surface area contributed by atoms with E-state index in [1.54, 1.807) is 0 Å². The Morgan fingerprint density at radius 3 is 2.70 bits per heavy atom. The summed E-state index contributed by atoms with van der Waals surface area (Å²) in [6, 6.07) is 15.7. The summed E-state index contributed by atoms with van der Waals surface area (Å²) in [6.07, 6.45) is 4.19. The van der Waals surface area contributed by atoms with Gasteiger partial charge in [-0.1, -0.05) is 30.4 Å². The van der Waals surface area contributed by atoms with Gasteiger partial charge in [-0.2, -0.15) is 5.26 Å². The lowest BCUT2D eigenvalue weighted by Gasteiger charge is -2.14. The van der Waals surface area contributed by atoms with E-state index >= 15 is 0 Å². The largest absolute Gasteiger partial charge is 0.454 e. The Balaban J connectivity index is 1.53. The van der Waals surface area contributed by atoms with E-state index in [9.17, 15) is 0 Å². The van der Waals surface area contributed by atoms with Gasteiger partial charge in [0.05, 0.1) is 11.6 Å². The maximum Gasteiger partial charge on any atom is 0.231 e. The Morgan fingerprint density at radius 1 is 1.13 bits per heavy atom. The molecule has 0 atom stereocenters. The highest BCUT2D eigenvalue weighted by atomic mass is 16.7. The molecule has 0 unspecified atom stereocenters. The quantitative estimate of drug-likeness (QED) is 0.849. The lowest BCUT2D eigenvalue weighted by Crippen LogP contribution is -2.17. The van der Waals surface area contributed by atoms with Crippen molar-refractivity contribution >= 4 is 6.08 Å². The van der Waals surface area contributed by atoms with Crippen molar-refractivity contribution in [2.75, 3.05) is 20.4 Å². The Labute approximate surface area is 136 Å². The van der Waals surface area contributed by atoms with Gasteiger partial charge in [-0.15, -0.1) is 0 Å². The number of rotatable bonds is 5. The minimum atomic E-state index is 0.307. The Kier molecular flexibility index (Phi) is 4.60. The minimum absolute atomic E-state index is 0.307. The molecule has 1 aliphatic rings. The van der Waals surface area contributed by atoms with Crippen LogP contribution in [0.1, 0.15) is 16.7 Å². The molecule has 4 heteroatoms. The van der Waals surface area contributed by atoms with Gasteiger partial charge in [0.15, 0.2) is 11.5 Å². The van der Waals surface area contributed by atoms with Gasteiger partial charge >= 0.3 is 0 Å². The van der Waals surface area contributed by atoms with Crippen LogP contribution < -0.4 is 9.47 Å². The highest BCUT2D eigenvalue weighted by molar-refractivity contribution is 5.51. The van der Waals surface area contributed by atoms with Crippen molar-refractivity contribution in [1.29, 1.82) is 5.26 Å². The third kappa shape index (κ3) is 3.91.